The molecule has 3 heteroatoms. The number of ether oxygens (including phenoxy) is 2. The molecule has 0 bridgehead atoms. The van der Waals surface area contributed by atoms with E-state index in [9.17, 15) is 4.39 Å². The van der Waals surface area contributed by atoms with Crippen molar-refractivity contribution in [2.45, 2.75) is 57.0 Å². The topological polar surface area (TPSA) is 18.5 Å². The molecule has 1 spiro atoms. The molecule has 3 rings (SSSR count). The fourth-order valence-corrected chi connectivity index (χ4v) is 3.21. The monoisotopic (exact) mass is 276 g/mol. The van der Waals surface area contributed by atoms with E-state index >= 15 is 0 Å². The van der Waals surface area contributed by atoms with E-state index in [1.165, 1.54) is 6.07 Å². The summed E-state index contributed by atoms with van der Waals surface area (Å²) in [7, 11) is 0. The minimum Gasteiger partial charge on any atom is -0.370 e. The molecule has 0 amide bonds. The molecule has 1 aromatic rings. The molecule has 1 fully saturated rings. The summed E-state index contributed by atoms with van der Waals surface area (Å²) in [5, 5.41) is 0. The highest BCUT2D eigenvalue weighted by atomic mass is 19.1. The second-order valence-corrected chi connectivity index (χ2v) is 6.28. The molecule has 0 aromatic heterocycles. The molecule has 0 N–H and O–H groups in total. The van der Waals surface area contributed by atoms with Gasteiger partial charge in [0.25, 0.3) is 0 Å². The second-order valence-electron chi connectivity index (χ2n) is 6.28. The van der Waals surface area contributed by atoms with Crippen LogP contribution in [-0.4, -0.2) is 17.3 Å². The molecule has 0 radical (unpaired) electrons. The Morgan fingerprint density at radius 3 is 2.80 bits per heavy atom. The Labute approximate surface area is 119 Å². The van der Waals surface area contributed by atoms with Crippen LogP contribution >= 0.6 is 0 Å². The summed E-state index contributed by atoms with van der Waals surface area (Å²) >= 11 is 0. The van der Waals surface area contributed by atoms with Crippen LogP contribution in [0.4, 0.5) is 4.39 Å². The molecule has 1 aliphatic heterocycles. The first-order chi connectivity index (χ1) is 9.51. The van der Waals surface area contributed by atoms with Crippen molar-refractivity contribution in [2.75, 3.05) is 0 Å². The normalized spacial score (nSPS) is 31.2. The lowest BCUT2D eigenvalue weighted by Crippen LogP contribution is -2.41. The molecule has 1 aromatic carbocycles. The van der Waals surface area contributed by atoms with Gasteiger partial charge in [0.15, 0.2) is 0 Å². The van der Waals surface area contributed by atoms with E-state index in [2.05, 4.69) is 26.0 Å². The SMILES string of the molecule is CC1(C)C=CC2(CCCC2OCc2ccccc2F)O1. The molecule has 2 unspecified atom stereocenters. The first-order valence-electron chi connectivity index (χ1n) is 7.26. The van der Waals surface area contributed by atoms with Crippen LogP contribution in [0.15, 0.2) is 36.4 Å². The zero-order valence-electron chi connectivity index (χ0n) is 12.1. The third kappa shape index (κ3) is 2.52. The van der Waals surface area contributed by atoms with E-state index in [4.69, 9.17) is 9.47 Å². The lowest BCUT2D eigenvalue weighted by atomic mass is 10.0. The van der Waals surface area contributed by atoms with Crippen molar-refractivity contribution in [2.24, 2.45) is 0 Å². The summed E-state index contributed by atoms with van der Waals surface area (Å²) in [6.07, 6.45) is 7.30. The zero-order chi connectivity index (χ0) is 14.2. The van der Waals surface area contributed by atoms with Crippen LogP contribution < -0.4 is 0 Å². The average Bonchev–Trinajstić information content (AvgIpc) is 2.93. The molecule has 0 saturated heterocycles. The quantitative estimate of drug-likeness (QED) is 0.777. The van der Waals surface area contributed by atoms with Crippen LogP contribution in [0.2, 0.25) is 0 Å². The molecule has 2 nitrogen and oxygen atoms in total. The van der Waals surface area contributed by atoms with Crippen molar-refractivity contribution in [1.29, 1.82) is 0 Å². The number of benzene rings is 1. The number of hydrogen-bond acceptors (Lipinski definition) is 2. The molecule has 1 aliphatic carbocycles. The molecule has 1 saturated carbocycles. The lowest BCUT2D eigenvalue weighted by molar-refractivity contribution is -0.138. The predicted molar refractivity (Wildman–Crippen MR) is 75.9 cm³/mol. The van der Waals surface area contributed by atoms with Gasteiger partial charge in [0, 0.05) is 5.56 Å². The Balaban J connectivity index is 1.69. The van der Waals surface area contributed by atoms with E-state index in [-0.39, 0.29) is 23.1 Å². The van der Waals surface area contributed by atoms with Crippen LogP contribution in [-0.2, 0) is 16.1 Å². The van der Waals surface area contributed by atoms with Crippen molar-refractivity contribution in [1.82, 2.24) is 0 Å². The largest absolute Gasteiger partial charge is 0.370 e. The van der Waals surface area contributed by atoms with Crippen molar-refractivity contribution >= 4 is 0 Å². The van der Waals surface area contributed by atoms with Crippen molar-refractivity contribution in [3.05, 3.63) is 47.8 Å². The van der Waals surface area contributed by atoms with Gasteiger partial charge < -0.3 is 9.47 Å². The number of hydrogen-bond donors (Lipinski definition) is 0. The van der Waals surface area contributed by atoms with Gasteiger partial charge in [-0.25, -0.2) is 4.39 Å². The number of halogens is 1. The van der Waals surface area contributed by atoms with E-state index in [1.807, 2.05) is 6.07 Å². The lowest BCUT2D eigenvalue weighted by Gasteiger charge is -2.33. The highest BCUT2D eigenvalue weighted by Gasteiger charge is 2.49. The van der Waals surface area contributed by atoms with Crippen molar-refractivity contribution in [3.8, 4) is 0 Å². The second kappa shape index (κ2) is 4.97. The van der Waals surface area contributed by atoms with Crippen LogP contribution in [0.3, 0.4) is 0 Å². The Morgan fingerprint density at radius 1 is 1.30 bits per heavy atom. The average molecular weight is 276 g/mol. The minimum atomic E-state index is -0.311. The molecular formula is C17H21FO2. The first-order valence-corrected chi connectivity index (χ1v) is 7.26. The highest BCUT2D eigenvalue weighted by Crippen LogP contribution is 2.44. The fourth-order valence-electron chi connectivity index (χ4n) is 3.21. The van der Waals surface area contributed by atoms with Gasteiger partial charge in [0.2, 0.25) is 0 Å². The van der Waals surface area contributed by atoms with Gasteiger partial charge in [0.05, 0.1) is 18.3 Å². The molecular weight excluding hydrogens is 255 g/mol. The summed E-state index contributed by atoms with van der Waals surface area (Å²) < 4.78 is 25.8. The third-order valence-corrected chi connectivity index (χ3v) is 4.20. The summed E-state index contributed by atoms with van der Waals surface area (Å²) in [5.41, 5.74) is 0.0643. The van der Waals surface area contributed by atoms with Crippen molar-refractivity contribution in [3.63, 3.8) is 0 Å². The van der Waals surface area contributed by atoms with E-state index < -0.39 is 0 Å². The molecule has 20 heavy (non-hydrogen) atoms. The molecule has 2 atom stereocenters. The van der Waals surface area contributed by atoms with E-state index in [1.54, 1.807) is 12.1 Å². The maximum Gasteiger partial charge on any atom is 0.128 e. The van der Waals surface area contributed by atoms with Gasteiger partial charge >= 0.3 is 0 Å². The smallest absolute Gasteiger partial charge is 0.128 e. The van der Waals surface area contributed by atoms with Crippen LogP contribution in [0.5, 0.6) is 0 Å². The van der Waals surface area contributed by atoms with E-state index in [0.717, 1.165) is 19.3 Å². The van der Waals surface area contributed by atoms with Gasteiger partial charge in [0.1, 0.15) is 11.4 Å². The van der Waals surface area contributed by atoms with Crippen LogP contribution in [0, 0.1) is 5.82 Å². The summed E-state index contributed by atoms with van der Waals surface area (Å²) in [4.78, 5) is 0. The Kier molecular flexibility index (Phi) is 3.43. The van der Waals surface area contributed by atoms with Crippen LogP contribution in [0.25, 0.3) is 0 Å². The maximum atomic E-state index is 13.6. The van der Waals surface area contributed by atoms with Gasteiger partial charge in [-0.2, -0.15) is 0 Å². The van der Waals surface area contributed by atoms with Crippen molar-refractivity contribution < 1.29 is 13.9 Å². The van der Waals surface area contributed by atoms with E-state index in [0.29, 0.717) is 12.2 Å². The molecule has 108 valence electrons. The molecule has 2 aliphatic rings. The zero-order valence-corrected chi connectivity index (χ0v) is 12.1. The Bertz CT molecular complexity index is 523. The third-order valence-electron chi connectivity index (χ3n) is 4.20. The maximum absolute atomic E-state index is 13.6. The minimum absolute atomic E-state index is 0.0140. The van der Waals surface area contributed by atoms with Gasteiger partial charge in [-0.15, -0.1) is 0 Å². The highest BCUT2D eigenvalue weighted by molar-refractivity contribution is 5.21. The first kappa shape index (κ1) is 13.8. The van der Waals surface area contributed by atoms with Crippen LogP contribution in [0.1, 0.15) is 38.7 Å². The summed E-state index contributed by atoms with van der Waals surface area (Å²) in [5.74, 6) is -0.206. The fraction of sp³-hybridized carbons (Fsp3) is 0.529. The summed E-state index contributed by atoms with van der Waals surface area (Å²) in [6.45, 7) is 4.42. The standard InChI is InChI=1S/C17H21FO2/c1-16(2)10-11-17(20-16)9-5-8-15(17)19-12-13-6-3-4-7-14(13)18/h3-4,6-7,10-11,15H,5,8-9,12H2,1-2H3. The van der Waals surface area contributed by atoms with Gasteiger partial charge in [-0.3, -0.25) is 0 Å². The number of rotatable bonds is 3. The predicted octanol–water partition coefficient (Wildman–Crippen LogP) is 4.00. The summed E-state index contributed by atoms with van der Waals surface area (Å²) in [6, 6.07) is 6.77. The Hall–Kier alpha value is -1.19. The molecule has 1 heterocycles. The van der Waals surface area contributed by atoms with Gasteiger partial charge in [-0.05, 0) is 39.2 Å². The Morgan fingerprint density at radius 2 is 2.10 bits per heavy atom. The van der Waals surface area contributed by atoms with Gasteiger partial charge in [-0.1, -0.05) is 30.4 Å².